The molecule has 0 unspecified atom stereocenters. The Morgan fingerprint density at radius 3 is 2.67 bits per heavy atom. The number of hydrogen-bond acceptors (Lipinski definition) is 3. The molecule has 9 heavy (non-hydrogen) atoms. The van der Waals surface area contributed by atoms with Crippen molar-refractivity contribution in [1.29, 1.82) is 0 Å². The van der Waals surface area contributed by atoms with Crippen LogP contribution in [0.1, 0.15) is 5.76 Å². The van der Waals surface area contributed by atoms with Crippen LogP contribution in [0.15, 0.2) is 4.52 Å². The molecule has 0 aliphatic carbocycles. The summed E-state index contributed by atoms with van der Waals surface area (Å²) in [7, 11) is 3.12. The van der Waals surface area contributed by atoms with E-state index >= 15 is 0 Å². The molecule has 49 valence electrons. The summed E-state index contributed by atoms with van der Waals surface area (Å²) in [6.45, 7) is 1.69. The topological polar surface area (TPSA) is 35.3 Å². The van der Waals surface area contributed by atoms with Crippen LogP contribution in [-0.4, -0.2) is 5.16 Å². The van der Waals surface area contributed by atoms with Gasteiger partial charge in [-0.05, 0) is 12.1 Å². The van der Waals surface area contributed by atoms with Gasteiger partial charge in [0.05, 0.1) is 0 Å². The van der Waals surface area contributed by atoms with E-state index in [1.54, 1.807) is 6.92 Å². The summed E-state index contributed by atoms with van der Waals surface area (Å²) in [5.74, 6) is 0.768. The van der Waals surface area contributed by atoms with Gasteiger partial charge in [-0.3, -0.25) is 0 Å². The molecular formula is C5H5ClNO2. The highest BCUT2D eigenvalue weighted by Gasteiger charge is 2.08. The van der Waals surface area contributed by atoms with Crippen molar-refractivity contribution < 1.29 is 9.26 Å². The maximum absolute atomic E-state index is 5.59. The first-order chi connectivity index (χ1) is 4.25. The van der Waals surface area contributed by atoms with E-state index in [4.69, 9.17) is 11.6 Å². The zero-order valence-electron chi connectivity index (χ0n) is 4.85. The molecule has 0 atom stereocenters. The van der Waals surface area contributed by atoms with Crippen molar-refractivity contribution in [1.82, 2.24) is 5.16 Å². The predicted octanol–water partition coefficient (Wildman–Crippen LogP) is 1.81. The van der Waals surface area contributed by atoms with Gasteiger partial charge in [-0.2, -0.15) is 0 Å². The summed E-state index contributed by atoms with van der Waals surface area (Å²) in [6.07, 6.45) is 0. The highest BCUT2D eigenvalue weighted by molar-refractivity contribution is 6.32. The summed E-state index contributed by atoms with van der Waals surface area (Å²) in [5, 5.41) is 3.82. The molecule has 1 rings (SSSR count). The minimum atomic E-state index is 0.231. The normalized spacial score (nSPS) is 9.67. The van der Waals surface area contributed by atoms with Gasteiger partial charge in [0, 0.05) is 0 Å². The quantitative estimate of drug-likeness (QED) is 0.606. The minimum Gasteiger partial charge on any atom is -0.471 e. The number of rotatable bonds is 1. The zero-order valence-corrected chi connectivity index (χ0v) is 5.60. The first-order valence-electron chi connectivity index (χ1n) is 2.29. The van der Waals surface area contributed by atoms with Crippen LogP contribution >= 0.6 is 11.6 Å². The molecule has 0 N–H and O–H groups in total. The highest BCUT2D eigenvalue weighted by atomic mass is 35.5. The Morgan fingerprint density at radius 2 is 2.44 bits per heavy atom. The van der Waals surface area contributed by atoms with Gasteiger partial charge >= 0.3 is 0 Å². The van der Waals surface area contributed by atoms with E-state index in [2.05, 4.69) is 21.5 Å². The average molecular weight is 147 g/mol. The van der Waals surface area contributed by atoms with Crippen LogP contribution in [0, 0.1) is 14.0 Å². The Morgan fingerprint density at radius 1 is 1.78 bits per heavy atom. The van der Waals surface area contributed by atoms with Crippen molar-refractivity contribution >= 4 is 11.6 Å². The van der Waals surface area contributed by atoms with Gasteiger partial charge in [0.15, 0.2) is 5.76 Å². The van der Waals surface area contributed by atoms with E-state index in [1.807, 2.05) is 0 Å². The Kier molecular flexibility index (Phi) is 1.62. The maximum Gasteiger partial charge on any atom is 0.273 e. The van der Waals surface area contributed by atoms with E-state index in [1.165, 1.54) is 0 Å². The molecule has 1 aromatic rings. The lowest BCUT2D eigenvalue weighted by molar-refractivity contribution is 0.352. The minimum absolute atomic E-state index is 0.231. The van der Waals surface area contributed by atoms with Gasteiger partial charge < -0.3 is 9.26 Å². The Hall–Kier alpha value is -0.700. The monoisotopic (exact) mass is 146 g/mol. The lowest BCUT2D eigenvalue weighted by Gasteiger charge is -1.87. The van der Waals surface area contributed by atoms with Gasteiger partial charge in [0.1, 0.15) is 12.1 Å². The van der Waals surface area contributed by atoms with Crippen molar-refractivity contribution in [2.45, 2.75) is 6.92 Å². The fourth-order valence-corrected chi connectivity index (χ4v) is 0.554. The van der Waals surface area contributed by atoms with Crippen LogP contribution < -0.4 is 4.74 Å². The molecule has 1 heterocycles. The second-order valence-electron chi connectivity index (χ2n) is 1.50. The van der Waals surface area contributed by atoms with Gasteiger partial charge in [-0.1, -0.05) is 11.6 Å². The molecule has 0 aromatic carbocycles. The molecule has 4 heteroatoms. The highest BCUT2D eigenvalue weighted by Crippen LogP contribution is 2.25. The van der Waals surface area contributed by atoms with Crippen molar-refractivity contribution in [3.63, 3.8) is 0 Å². The summed E-state index contributed by atoms with van der Waals surface area (Å²) >= 11 is 5.59. The molecule has 0 saturated heterocycles. The van der Waals surface area contributed by atoms with Crippen LogP contribution in [0.2, 0.25) is 5.02 Å². The Labute approximate surface area is 57.5 Å². The largest absolute Gasteiger partial charge is 0.471 e. The standard InChI is InChI=1S/C5H5ClNO2/c1-3-4(6)5(8-2)7-9-3/h2H2,1H3. The van der Waals surface area contributed by atoms with Crippen molar-refractivity contribution in [3.8, 4) is 5.88 Å². The number of nitrogens with zero attached hydrogens (tertiary/aromatic N) is 1. The summed E-state index contributed by atoms with van der Waals surface area (Å²) in [5.41, 5.74) is 0. The van der Waals surface area contributed by atoms with Crippen molar-refractivity contribution in [3.05, 3.63) is 17.9 Å². The van der Waals surface area contributed by atoms with Crippen molar-refractivity contribution in [2.75, 3.05) is 0 Å². The molecule has 0 amide bonds. The maximum atomic E-state index is 5.59. The van der Waals surface area contributed by atoms with Gasteiger partial charge in [0.2, 0.25) is 0 Å². The number of hydrogen-bond donors (Lipinski definition) is 0. The molecule has 0 aliphatic rings. The molecule has 0 aliphatic heterocycles. The lowest BCUT2D eigenvalue weighted by Crippen LogP contribution is -1.77. The van der Waals surface area contributed by atoms with E-state index in [0.717, 1.165) is 0 Å². The van der Waals surface area contributed by atoms with Crippen LogP contribution in [0.5, 0.6) is 5.88 Å². The first-order valence-corrected chi connectivity index (χ1v) is 2.67. The molecule has 0 saturated carbocycles. The molecule has 1 radical (unpaired) electrons. The SMILES string of the molecule is [CH2]Oc1noc(C)c1Cl. The Bertz CT molecular complexity index is 209. The number of halogens is 1. The third kappa shape index (κ3) is 1.00. The third-order valence-electron chi connectivity index (χ3n) is 0.899. The van der Waals surface area contributed by atoms with E-state index in [-0.39, 0.29) is 5.88 Å². The average Bonchev–Trinajstić information content (AvgIpc) is 2.15. The predicted molar refractivity (Wildman–Crippen MR) is 32.2 cm³/mol. The fraction of sp³-hybridized carbons (Fsp3) is 0.200. The molecule has 1 aromatic heterocycles. The molecular weight excluding hydrogens is 142 g/mol. The molecule has 0 bridgehead atoms. The van der Waals surface area contributed by atoms with Gasteiger partial charge in [-0.25, -0.2) is 0 Å². The fourth-order valence-electron chi connectivity index (χ4n) is 0.430. The van der Waals surface area contributed by atoms with Crippen LogP contribution in [0.4, 0.5) is 0 Å². The van der Waals surface area contributed by atoms with E-state index in [9.17, 15) is 0 Å². The van der Waals surface area contributed by atoms with Crippen molar-refractivity contribution in [2.24, 2.45) is 0 Å². The first kappa shape index (κ1) is 6.42. The second kappa shape index (κ2) is 2.27. The van der Waals surface area contributed by atoms with Crippen LogP contribution in [0.3, 0.4) is 0 Å². The third-order valence-corrected chi connectivity index (χ3v) is 1.33. The number of aryl methyl sites for hydroxylation is 1. The summed E-state index contributed by atoms with van der Waals surface area (Å²) in [6, 6.07) is 0. The zero-order chi connectivity index (χ0) is 6.85. The molecule has 3 nitrogen and oxygen atoms in total. The Balaban J connectivity index is 3.04. The van der Waals surface area contributed by atoms with Gasteiger partial charge in [-0.15, -0.1) is 0 Å². The summed E-state index contributed by atoms with van der Waals surface area (Å²) in [4.78, 5) is 0. The van der Waals surface area contributed by atoms with Crippen LogP contribution in [0.25, 0.3) is 0 Å². The number of ether oxygens (including phenoxy) is 1. The second-order valence-corrected chi connectivity index (χ2v) is 1.88. The van der Waals surface area contributed by atoms with Gasteiger partial charge in [0.25, 0.3) is 5.88 Å². The lowest BCUT2D eigenvalue weighted by atomic mass is 10.5. The van der Waals surface area contributed by atoms with Crippen LogP contribution in [-0.2, 0) is 0 Å². The van der Waals surface area contributed by atoms with E-state index in [0.29, 0.717) is 10.8 Å². The summed E-state index contributed by atoms with van der Waals surface area (Å²) < 4.78 is 9.12. The molecule has 0 fully saturated rings. The molecule has 0 spiro atoms. The number of aromatic nitrogens is 1. The smallest absolute Gasteiger partial charge is 0.273 e. The van der Waals surface area contributed by atoms with E-state index < -0.39 is 0 Å².